The number of nitrogens with two attached hydrogens (primary N) is 1. The number of ether oxygens (including phenoxy) is 4. The molecular weight excluding hydrogens is 574 g/mol. The summed E-state index contributed by atoms with van der Waals surface area (Å²) in [5.41, 5.74) is 4.20. The van der Waals surface area contributed by atoms with Crippen LogP contribution >= 0.6 is 0 Å². The molecule has 0 aromatic heterocycles. The fourth-order valence-corrected chi connectivity index (χ4v) is 11.5. The first-order chi connectivity index (χ1) is 20.9. The van der Waals surface area contributed by atoms with Gasteiger partial charge in [-0.25, -0.2) is 0 Å². The van der Waals surface area contributed by atoms with E-state index in [1.807, 2.05) is 13.0 Å². The normalized spacial score (nSPS) is 45.4. The number of ketones is 1. The molecule has 5 aliphatic rings. The summed E-state index contributed by atoms with van der Waals surface area (Å²) < 4.78 is 24.2. The van der Waals surface area contributed by atoms with E-state index >= 15 is 0 Å². The number of hydrogen-bond donors (Lipinski definition) is 2. The monoisotopic (exact) mass is 631 g/mol. The number of hydrogen-bond acceptors (Lipinski definition) is 8. The zero-order valence-electron chi connectivity index (χ0n) is 28.9. The van der Waals surface area contributed by atoms with Gasteiger partial charge in [0.25, 0.3) is 0 Å². The summed E-state index contributed by atoms with van der Waals surface area (Å²) in [7, 11) is 1.60. The zero-order valence-corrected chi connectivity index (χ0v) is 28.9. The number of carboxylic acid groups (broad SMARTS) is 1. The van der Waals surface area contributed by atoms with Crippen LogP contribution in [0.2, 0.25) is 0 Å². The largest absolute Gasteiger partial charge is 0.481 e. The molecule has 45 heavy (non-hydrogen) atoms. The molecule has 4 fully saturated rings. The number of carboxylic acids is 1. The number of esters is 1. The highest BCUT2D eigenvalue weighted by molar-refractivity contribution is 6.00. The lowest BCUT2D eigenvalue weighted by Crippen LogP contribution is -2.71. The smallest absolute Gasteiger partial charge is 0.308 e. The first-order valence-electron chi connectivity index (χ1n) is 17.0. The Labute approximate surface area is 269 Å². The third-order valence-electron chi connectivity index (χ3n) is 14.1. The average molecular weight is 632 g/mol. The lowest BCUT2D eigenvalue weighted by atomic mass is 9.34. The molecule has 1 unspecified atom stereocenters. The Kier molecular flexibility index (Phi) is 8.98. The molecule has 254 valence electrons. The van der Waals surface area contributed by atoms with Crippen molar-refractivity contribution in [2.45, 2.75) is 106 Å². The Morgan fingerprint density at radius 3 is 2.38 bits per heavy atom. The molecule has 3 N–H and O–H groups in total. The Balaban J connectivity index is 1.61. The van der Waals surface area contributed by atoms with E-state index < -0.39 is 51.2 Å². The standard InChI is InChI=1S/C36H57NO8/c1-20(2)21(3)32(5)12-13-34(7)24-10-11-27-33(6)18-43-19-36(27,25(24)14-28(39)35(34,8)29(32)31(40)41)15-26(45-22(4)38)30(33)44-17-23(37)16-42-9/h14,20-21,23-24,26-27,29-30H,10-13,15-19,37H2,1-9H3,(H,40,41)/t21-,23?,24+,26-,27+,29-,30+,32-,33+,34-,35+,36+/m1/s1. The molecule has 5 rings (SSSR count). The van der Waals surface area contributed by atoms with E-state index in [9.17, 15) is 19.5 Å². The van der Waals surface area contributed by atoms with Crippen LogP contribution in [0.4, 0.5) is 0 Å². The fraction of sp³-hybridized carbons (Fsp3) is 0.861. The van der Waals surface area contributed by atoms with Crippen LogP contribution < -0.4 is 5.73 Å². The van der Waals surface area contributed by atoms with E-state index in [0.717, 1.165) is 31.3 Å². The average Bonchev–Trinajstić information content (AvgIpc) is 2.93. The molecule has 0 amide bonds. The summed E-state index contributed by atoms with van der Waals surface area (Å²) >= 11 is 0. The summed E-state index contributed by atoms with van der Waals surface area (Å²) in [5.74, 6) is -1.54. The van der Waals surface area contributed by atoms with Gasteiger partial charge < -0.3 is 29.8 Å². The number of carbonyl (C=O) groups excluding carboxylic acids is 2. The van der Waals surface area contributed by atoms with Gasteiger partial charge in [0.2, 0.25) is 0 Å². The van der Waals surface area contributed by atoms with E-state index in [2.05, 4.69) is 41.5 Å². The predicted molar refractivity (Wildman–Crippen MR) is 169 cm³/mol. The lowest BCUT2D eigenvalue weighted by Gasteiger charge is -2.70. The molecule has 1 heterocycles. The van der Waals surface area contributed by atoms with Gasteiger partial charge in [0, 0.05) is 30.3 Å². The van der Waals surface area contributed by atoms with Gasteiger partial charge in [-0.2, -0.15) is 0 Å². The summed E-state index contributed by atoms with van der Waals surface area (Å²) in [6.07, 6.45) is 4.66. The summed E-state index contributed by atoms with van der Waals surface area (Å²) in [4.78, 5) is 40.6. The molecule has 1 saturated heterocycles. The van der Waals surface area contributed by atoms with Gasteiger partial charge in [-0.15, -0.1) is 0 Å². The molecule has 0 aromatic carbocycles. The van der Waals surface area contributed by atoms with Crippen molar-refractivity contribution in [2.24, 2.45) is 62.4 Å². The third kappa shape index (κ3) is 4.88. The molecule has 0 radical (unpaired) electrons. The van der Waals surface area contributed by atoms with Crippen LogP contribution in [0, 0.1) is 56.7 Å². The maximum atomic E-state index is 14.8. The molecule has 4 aliphatic carbocycles. The minimum absolute atomic E-state index is 0.0220. The van der Waals surface area contributed by atoms with E-state index in [1.54, 1.807) is 7.11 Å². The number of allylic oxidation sites excluding steroid dienone is 1. The van der Waals surface area contributed by atoms with Crippen LogP contribution in [0.1, 0.15) is 87.5 Å². The van der Waals surface area contributed by atoms with E-state index in [-0.39, 0.29) is 42.2 Å². The number of aliphatic carboxylic acids is 1. The summed E-state index contributed by atoms with van der Waals surface area (Å²) in [5, 5.41) is 10.9. The van der Waals surface area contributed by atoms with Crippen molar-refractivity contribution >= 4 is 17.7 Å². The van der Waals surface area contributed by atoms with Crippen molar-refractivity contribution in [3.63, 3.8) is 0 Å². The number of carbonyl (C=O) groups is 3. The van der Waals surface area contributed by atoms with E-state index in [4.69, 9.17) is 24.7 Å². The highest BCUT2D eigenvalue weighted by Gasteiger charge is 2.74. The van der Waals surface area contributed by atoms with Crippen molar-refractivity contribution in [1.29, 1.82) is 0 Å². The van der Waals surface area contributed by atoms with Crippen LogP contribution in [-0.2, 0) is 33.3 Å². The van der Waals surface area contributed by atoms with Crippen molar-refractivity contribution in [3.05, 3.63) is 11.6 Å². The molecule has 3 saturated carbocycles. The van der Waals surface area contributed by atoms with Gasteiger partial charge in [-0.1, -0.05) is 54.0 Å². The highest BCUT2D eigenvalue weighted by Crippen LogP contribution is 2.74. The Morgan fingerprint density at radius 1 is 1.09 bits per heavy atom. The lowest BCUT2D eigenvalue weighted by molar-refractivity contribution is -0.266. The first kappa shape index (κ1) is 34.5. The number of rotatable bonds is 9. The minimum Gasteiger partial charge on any atom is -0.481 e. The number of fused-ring (bicyclic) bond motifs is 3. The van der Waals surface area contributed by atoms with Crippen LogP contribution in [0.5, 0.6) is 0 Å². The second-order valence-electron chi connectivity index (χ2n) is 16.6. The molecule has 2 bridgehead atoms. The summed E-state index contributed by atoms with van der Waals surface area (Å²) in [6.45, 7) is 17.8. The van der Waals surface area contributed by atoms with Crippen LogP contribution in [0.25, 0.3) is 0 Å². The van der Waals surface area contributed by atoms with Crippen LogP contribution in [-0.4, -0.2) is 74.6 Å². The molecule has 9 heteroatoms. The maximum Gasteiger partial charge on any atom is 0.308 e. The molecule has 1 aliphatic heterocycles. The van der Waals surface area contributed by atoms with Gasteiger partial charge in [0.05, 0.1) is 38.4 Å². The Hall–Kier alpha value is -1.81. The SMILES string of the molecule is COCC(N)CO[C@H]1[C@H](OC(C)=O)C[C@@]23COC[C@@]1(C)[C@@H]2CC[C@H]1C3=CC(=O)[C@@]2(C)[C@H](C(=O)O)[C@@](C)([C@H](C)C(C)C)CC[C@]12C. The topological polar surface area (TPSA) is 134 Å². The van der Waals surface area contributed by atoms with E-state index in [1.165, 1.54) is 6.92 Å². The number of methoxy groups -OCH3 is 1. The van der Waals surface area contributed by atoms with Gasteiger partial charge in [-0.05, 0) is 72.7 Å². The van der Waals surface area contributed by atoms with Crippen molar-refractivity contribution in [1.82, 2.24) is 0 Å². The van der Waals surface area contributed by atoms with Gasteiger partial charge in [-0.3, -0.25) is 14.4 Å². The maximum absolute atomic E-state index is 14.8. The minimum atomic E-state index is -1.06. The van der Waals surface area contributed by atoms with Gasteiger partial charge in [0.15, 0.2) is 5.78 Å². The first-order valence-corrected chi connectivity index (χ1v) is 17.0. The summed E-state index contributed by atoms with van der Waals surface area (Å²) in [6, 6.07) is -0.322. The van der Waals surface area contributed by atoms with Crippen LogP contribution in [0.3, 0.4) is 0 Å². The predicted octanol–water partition coefficient (Wildman–Crippen LogP) is 5.04. The Bertz CT molecular complexity index is 1230. The second-order valence-corrected chi connectivity index (χ2v) is 16.6. The Morgan fingerprint density at radius 2 is 1.78 bits per heavy atom. The van der Waals surface area contributed by atoms with Crippen molar-refractivity contribution in [3.8, 4) is 0 Å². The molecular formula is C36H57NO8. The highest BCUT2D eigenvalue weighted by atomic mass is 16.6. The molecule has 12 atom stereocenters. The fourth-order valence-electron chi connectivity index (χ4n) is 11.5. The quantitative estimate of drug-likeness (QED) is 0.336. The van der Waals surface area contributed by atoms with Crippen molar-refractivity contribution in [2.75, 3.05) is 33.5 Å². The van der Waals surface area contributed by atoms with Gasteiger partial charge in [0.1, 0.15) is 12.2 Å². The van der Waals surface area contributed by atoms with E-state index in [0.29, 0.717) is 32.2 Å². The molecule has 0 aromatic rings. The molecule has 9 nitrogen and oxygen atoms in total. The molecule has 0 spiro atoms. The second kappa shape index (κ2) is 11.7. The third-order valence-corrected chi connectivity index (χ3v) is 14.1. The van der Waals surface area contributed by atoms with Gasteiger partial charge >= 0.3 is 11.9 Å². The zero-order chi connectivity index (χ0) is 33.3. The van der Waals surface area contributed by atoms with Crippen LogP contribution in [0.15, 0.2) is 11.6 Å². The van der Waals surface area contributed by atoms with Crippen molar-refractivity contribution < 1.29 is 38.4 Å².